The SMILES string of the molecule is COC(=O)N[C@H](C(=O)N1CCC[C@H]1c1ncc(-c2ccc3cc(-c4ccc(-c5cnc(C6CCCN6C(=O)[C@H](O)c6ccccc6)[nH]5)cc4)ccc3c2)[nH]1)C(C)C. The zero-order valence-electron chi connectivity index (χ0n) is 32.3. The number of hydrogen-bond acceptors (Lipinski definition) is 7. The molecule has 292 valence electrons. The van der Waals surface area contributed by atoms with Gasteiger partial charge in [0.2, 0.25) is 5.91 Å². The number of rotatable bonds is 10. The van der Waals surface area contributed by atoms with E-state index in [9.17, 15) is 19.5 Å². The van der Waals surface area contributed by atoms with Crippen molar-refractivity contribution in [1.82, 2.24) is 35.1 Å². The summed E-state index contributed by atoms with van der Waals surface area (Å²) in [5, 5.41) is 15.7. The number of benzene rings is 4. The second-order valence-electron chi connectivity index (χ2n) is 15.3. The standard InChI is InChI=1S/C45H47N7O5/c1-27(2)39(50-45(56)57-3)43(54)51-21-7-11-37(51)41-47-26-36(49-41)34-20-19-32-23-31(17-18-33(32)24-34)28-13-15-29(16-14-28)35-25-46-42(48-35)38-12-8-22-52(38)44(55)40(53)30-9-5-4-6-10-30/h4-6,9-10,13-20,23-27,37-40,53H,7-8,11-12,21-22H2,1-3H3,(H,46,48)(H,47,49)(H,50,56)/t37-,38?,39-,40+/m0/s1. The molecule has 2 aromatic heterocycles. The maximum absolute atomic E-state index is 13.6. The third kappa shape index (κ3) is 7.65. The number of aromatic amines is 2. The van der Waals surface area contributed by atoms with Crippen LogP contribution in [0.5, 0.6) is 0 Å². The molecule has 12 nitrogen and oxygen atoms in total. The number of nitrogens with zero attached hydrogens (tertiary/aromatic N) is 4. The van der Waals surface area contributed by atoms with Crippen molar-refractivity contribution < 1.29 is 24.2 Å². The average molecular weight is 766 g/mol. The van der Waals surface area contributed by atoms with E-state index < -0.39 is 18.2 Å². The van der Waals surface area contributed by atoms with Crippen LogP contribution in [-0.2, 0) is 14.3 Å². The molecule has 4 N–H and O–H groups in total. The van der Waals surface area contributed by atoms with Gasteiger partial charge in [-0.25, -0.2) is 14.8 Å². The Kier molecular flexibility index (Phi) is 10.6. The molecule has 3 amide bonds. The van der Waals surface area contributed by atoms with Crippen LogP contribution in [0.3, 0.4) is 0 Å². The number of alkyl carbamates (subject to hydrolysis) is 1. The molecule has 2 fully saturated rings. The van der Waals surface area contributed by atoms with Crippen molar-refractivity contribution in [3.8, 4) is 33.6 Å². The number of aliphatic hydroxyl groups excluding tert-OH is 1. The number of aliphatic hydroxyl groups is 1. The topological polar surface area (TPSA) is 157 Å². The third-order valence-corrected chi connectivity index (χ3v) is 11.3. The Bertz CT molecular complexity index is 2390. The fourth-order valence-corrected chi connectivity index (χ4v) is 8.18. The summed E-state index contributed by atoms with van der Waals surface area (Å²) in [6.07, 6.45) is 5.08. The number of likely N-dealkylation sites (tertiary alicyclic amines) is 2. The highest BCUT2D eigenvalue weighted by atomic mass is 16.5. The number of hydrogen-bond donors (Lipinski definition) is 4. The summed E-state index contributed by atoms with van der Waals surface area (Å²) < 4.78 is 4.77. The molecule has 1 unspecified atom stereocenters. The van der Waals surface area contributed by atoms with Gasteiger partial charge < -0.3 is 34.9 Å². The van der Waals surface area contributed by atoms with E-state index in [4.69, 9.17) is 9.72 Å². The van der Waals surface area contributed by atoms with Crippen molar-refractivity contribution in [2.75, 3.05) is 20.2 Å². The Morgan fingerprint density at radius 3 is 1.84 bits per heavy atom. The third-order valence-electron chi connectivity index (χ3n) is 11.3. The van der Waals surface area contributed by atoms with E-state index in [1.165, 1.54) is 7.11 Å². The van der Waals surface area contributed by atoms with Gasteiger partial charge in [0, 0.05) is 18.7 Å². The van der Waals surface area contributed by atoms with Crippen LogP contribution in [0.2, 0.25) is 0 Å². The number of ether oxygens (including phenoxy) is 1. The van der Waals surface area contributed by atoms with E-state index in [-0.39, 0.29) is 29.8 Å². The maximum Gasteiger partial charge on any atom is 0.407 e. The summed E-state index contributed by atoms with van der Waals surface area (Å²) >= 11 is 0. The van der Waals surface area contributed by atoms with E-state index in [0.29, 0.717) is 18.7 Å². The molecule has 4 aromatic carbocycles. The molecule has 6 aromatic rings. The van der Waals surface area contributed by atoms with Gasteiger partial charge >= 0.3 is 6.09 Å². The highest BCUT2D eigenvalue weighted by molar-refractivity contribution is 5.91. The van der Waals surface area contributed by atoms with Gasteiger partial charge in [-0.2, -0.15) is 0 Å². The van der Waals surface area contributed by atoms with Crippen LogP contribution in [0, 0.1) is 5.92 Å². The minimum atomic E-state index is -1.20. The molecule has 4 atom stereocenters. The Balaban J connectivity index is 0.940. The Morgan fingerprint density at radius 1 is 0.719 bits per heavy atom. The molecule has 2 saturated heterocycles. The lowest BCUT2D eigenvalue weighted by Crippen LogP contribution is -2.51. The molecule has 4 heterocycles. The Hall–Kier alpha value is -6.27. The van der Waals surface area contributed by atoms with Gasteiger partial charge in [0.15, 0.2) is 6.10 Å². The smallest absolute Gasteiger partial charge is 0.407 e. The predicted molar refractivity (Wildman–Crippen MR) is 217 cm³/mol. The van der Waals surface area contributed by atoms with Gasteiger partial charge in [-0.1, -0.05) is 92.7 Å². The van der Waals surface area contributed by atoms with Crippen LogP contribution in [0.15, 0.2) is 103 Å². The van der Waals surface area contributed by atoms with E-state index in [0.717, 1.165) is 81.7 Å². The maximum atomic E-state index is 13.6. The Morgan fingerprint density at radius 2 is 1.25 bits per heavy atom. The lowest BCUT2D eigenvalue weighted by Gasteiger charge is -2.30. The number of imidazole rings is 2. The zero-order valence-corrected chi connectivity index (χ0v) is 32.3. The van der Waals surface area contributed by atoms with E-state index in [1.54, 1.807) is 17.0 Å². The molecule has 2 aliphatic rings. The van der Waals surface area contributed by atoms with Crippen molar-refractivity contribution >= 4 is 28.7 Å². The van der Waals surface area contributed by atoms with Gasteiger partial charge in [0.1, 0.15) is 17.7 Å². The van der Waals surface area contributed by atoms with Crippen LogP contribution in [0.1, 0.15) is 74.9 Å². The monoisotopic (exact) mass is 765 g/mol. The van der Waals surface area contributed by atoms with Gasteiger partial charge in [-0.3, -0.25) is 9.59 Å². The number of carbonyl (C=O) groups excluding carboxylic acids is 3. The quantitative estimate of drug-likeness (QED) is 0.111. The first-order chi connectivity index (χ1) is 27.7. The van der Waals surface area contributed by atoms with E-state index in [2.05, 4.69) is 80.9 Å². The van der Waals surface area contributed by atoms with Gasteiger partial charge in [0.05, 0.1) is 43.0 Å². The summed E-state index contributed by atoms with van der Waals surface area (Å²) in [5.41, 5.74) is 6.50. The van der Waals surface area contributed by atoms with Gasteiger partial charge in [0.25, 0.3) is 5.91 Å². The minimum Gasteiger partial charge on any atom is -0.453 e. The fourth-order valence-electron chi connectivity index (χ4n) is 8.18. The average Bonchev–Trinajstić information content (AvgIpc) is 4.09. The van der Waals surface area contributed by atoms with Crippen molar-refractivity contribution in [3.63, 3.8) is 0 Å². The summed E-state index contributed by atoms with van der Waals surface area (Å²) in [6, 6.07) is 29.1. The largest absolute Gasteiger partial charge is 0.453 e. The second kappa shape index (κ2) is 16.1. The summed E-state index contributed by atoms with van der Waals surface area (Å²) in [5.74, 6) is 0.915. The number of amides is 3. The number of methoxy groups -OCH3 is 1. The van der Waals surface area contributed by atoms with E-state index in [1.807, 2.05) is 49.3 Å². The first-order valence-corrected chi connectivity index (χ1v) is 19.6. The number of carbonyl (C=O) groups is 3. The van der Waals surface area contributed by atoms with E-state index >= 15 is 0 Å². The lowest BCUT2D eigenvalue weighted by molar-refractivity contribution is -0.141. The molecule has 8 rings (SSSR count). The summed E-state index contributed by atoms with van der Waals surface area (Å²) in [4.78, 5) is 58.7. The van der Waals surface area contributed by atoms with Crippen LogP contribution in [-0.4, -0.2) is 79.0 Å². The van der Waals surface area contributed by atoms with Crippen LogP contribution in [0.25, 0.3) is 44.4 Å². The second-order valence-corrected chi connectivity index (χ2v) is 15.3. The first kappa shape index (κ1) is 37.6. The molecule has 0 radical (unpaired) electrons. The van der Waals surface area contributed by atoms with Crippen LogP contribution in [0.4, 0.5) is 4.79 Å². The molecular weight excluding hydrogens is 719 g/mol. The predicted octanol–water partition coefficient (Wildman–Crippen LogP) is 7.73. The zero-order chi connectivity index (χ0) is 39.6. The number of nitrogens with one attached hydrogen (secondary N) is 3. The molecule has 2 aliphatic heterocycles. The van der Waals surface area contributed by atoms with Gasteiger partial charge in [-0.15, -0.1) is 0 Å². The number of fused-ring (bicyclic) bond motifs is 1. The molecule has 57 heavy (non-hydrogen) atoms. The minimum absolute atomic E-state index is 0.102. The molecule has 0 spiro atoms. The summed E-state index contributed by atoms with van der Waals surface area (Å²) in [7, 11) is 1.29. The van der Waals surface area contributed by atoms with Crippen LogP contribution < -0.4 is 5.32 Å². The van der Waals surface area contributed by atoms with Crippen molar-refractivity contribution in [1.29, 1.82) is 0 Å². The fraction of sp³-hybridized carbons (Fsp3) is 0.311. The molecular formula is C45H47N7O5. The molecule has 0 aliphatic carbocycles. The van der Waals surface area contributed by atoms with Crippen LogP contribution >= 0.6 is 0 Å². The number of aromatic nitrogens is 4. The highest BCUT2D eigenvalue weighted by Gasteiger charge is 2.38. The summed E-state index contributed by atoms with van der Waals surface area (Å²) in [6.45, 7) is 4.99. The molecule has 0 saturated carbocycles. The Labute approximate surface area is 331 Å². The van der Waals surface area contributed by atoms with Crippen molar-refractivity contribution in [2.45, 2.75) is 63.8 Å². The first-order valence-electron chi connectivity index (χ1n) is 19.6. The lowest BCUT2D eigenvalue weighted by atomic mass is 9.98. The molecule has 0 bridgehead atoms. The van der Waals surface area contributed by atoms with Crippen molar-refractivity contribution in [2.24, 2.45) is 5.92 Å². The molecule has 12 heteroatoms. The normalized spacial score (nSPS) is 17.9. The highest BCUT2D eigenvalue weighted by Crippen LogP contribution is 2.36. The number of H-pyrrole nitrogens is 2. The van der Waals surface area contributed by atoms with Gasteiger partial charge in [-0.05, 0) is 76.8 Å². The van der Waals surface area contributed by atoms with Crippen molar-refractivity contribution in [3.05, 3.63) is 121 Å².